The number of hydrogen-bond donors (Lipinski definition) is 2. The van der Waals surface area contributed by atoms with E-state index >= 15 is 0 Å². The highest BCUT2D eigenvalue weighted by atomic mass is 32.2. The van der Waals surface area contributed by atoms with Crippen molar-refractivity contribution in [2.24, 2.45) is 0 Å². The van der Waals surface area contributed by atoms with E-state index in [1.807, 2.05) is 39.2 Å². The zero-order chi connectivity index (χ0) is 18.8. The van der Waals surface area contributed by atoms with Gasteiger partial charge >= 0.3 is 0 Å². The zero-order valence-electron chi connectivity index (χ0n) is 15.3. The van der Waals surface area contributed by atoms with Crippen LogP contribution in [0.15, 0.2) is 23.2 Å². The Bertz CT molecular complexity index is 880. The summed E-state index contributed by atoms with van der Waals surface area (Å²) in [6, 6.07) is 5.52. The molecule has 2 heterocycles. The van der Waals surface area contributed by atoms with Crippen molar-refractivity contribution in [2.75, 3.05) is 16.9 Å². The fraction of sp³-hybridized carbons (Fsp3) is 0.368. The van der Waals surface area contributed by atoms with Crippen LogP contribution in [0.2, 0.25) is 0 Å². The van der Waals surface area contributed by atoms with E-state index in [0.29, 0.717) is 34.8 Å². The molecule has 2 aromatic rings. The van der Waals surface area contributed by atoms with E-state index in [1.54, 1.807) is 6.07 Å². The normalized spacial score (nSPS) is 13.3. The molecule has 2 N–H and O–H groups in total. The molecule has 6 nitrogen and oxygen atoms in total. The quantitative estimate of drug-likeness (QED) is 0.632. The van der Waals surface area contributed by atoms with Crippen LogP contribution in [0.1, 0.15) is 53.6 Å². The number of aromatic nitrogens is 2. The molecule has 0 saturated carbocycles. The van der Waals surface area contributed by atoms with Gasteiger partial charge in [0, 0.05) is 23.7 Å². The predicted octanol–water partition coefficient (Wildman–Crippen LogP) is 3.77. The van der Waals surface area contributed by atoms with Crippen LogP contribution in [0.4, 0.5) is 11.4 Å². The Morgan fingerprint density at radius 3 is 2.73 bits per heavy atom. The molecule has 1 aromatic carbocycles. The summed E-state index contributed by atoms with van der Waals surface area (Å²) in [6.45, 7) is 5.90. The van der Waals surface area contributed by atoms with E-state index in [9.17, 15) is 9.59 Å². The van der Waals surface area contributed by atoms with Crippen LogP contribution in [-0.4, -0.2) is 28.0 Å². The summed E-state index contributed by atoms with van der Waals surface area (Å²) in [5.41, 5.74) is 3.72. The maximum Gasteiger partial charge on any atom is 0.260 e. The minimum Gasteiger partial charge on any atom is -0.326 e. The van der Waals surface area contributed by atoms with Crippen molar-refractivity contribution in [1.82, 2.24) is 9.97 Å². The highest BCUT2D eigenvalue weighted by Crippen LogP contribution is 2.27. The number of benzene rings is 1. The van der Waals surface area contributed by atoms with E-state index in [2.05, 4.69) is 20.6 Å². The summed E-state index contributed by atoms with van der Waals surface area (Å²) in [7, 11) is 0. The highest BCUT2D eigenvalue weighted by Gasteiger charge is 2.20. The number of thioether (sulfide) groups is 1. The van der Waals surface area contributed by atoms with Gasteiger partial charge in [-0.3, -0.25) is 9.59 Å². The number of carbonyl (C=O) groups excluding carboxylic acids is 2. The molecule has 2 amide bonds. The third-order valence-electron chi connectivity index (χ3n) is 4.27. The first-order valence-corrected chi connectivity index (χ1v) is 9.78. The Labute approximate surface area is 157 Å². The molecule has 0 saturated heterocycles. The van der Waals surface area contributed by atoms with E-state index in [0.717, 1.165) is 17.1 Å². The van der Waals surface area contributed by atoms with Gasteiger partial charge in [0.05, 0.1) is 11.3 Å². The average molecular weight is 370 g/mol. The van der Waals surface area contributed by atoms with Gasteiger partial charge in [0.2, 0.25) is 5.91 Å². The van der Waals surface area contributed by atoms with Crippen molar-refractivity contribution >= 4 is 35.0 Å². The second-order valence-electron chi connectivity index (χ2n) is 6.58. The minimum absolute atomic E-state index is 0.0249. The summed E-state index contributed by atoms with van der Waals surface area (Å²) in [5, 5.41) is 6.46. The smallest absolute Gasteiger partial charge is 0.260 e. The lowest BCUT2D eigenvalue weighted by Crippen LogP contribution is -2.20. The number of rotatable bonds is 4. The predicted molar refractivity (Wildman–Crippen MR) is 104 cm³/mol. The number of anilines is 2. The lowest BCUT2D eigenvalue weighted by molar-refractivity contribution is -0.116. The molecule has 0 fully saturated rings. The maximum absolute atomic E-state index is 12.8. The van der Waals surface area contributed by atoms with Gasteiger partial charge in [0.25, 0.3) is 5.91 Å². The molecule has 0 aliphatic carbocycles. The number of nitrogens with zero attached hydrogens (tertiary/aromatic N) is 2. The molecule has 7 heteroatoms. The van der Waals surface area contributed by atoms with Crippen LogP contribution in [-0.2, 0) is 11.2 Å². The van der Waals surface area contributed by atoms with E-state index in [1.165, 1.54) is 11.8 Å². The molecule has 1 aromatic heterocycles. The molecule has 26 heavy (non-hydrogen) atoms. The van der Waals surface area contributed by atoms with Crippen molar-refractivity contribution < 1.29 is 9.59 Å². The van der Waals surface area contributed by atoms with E-state index < -0.39 is 0 Å². The van der Waals surface area contributed by atoms with Gasteiger partial charge in [-0.2, -0.15) is 0 Å². The van der Waals surface area contributed by atoms with Crippen molar-refractivity contribution in [2.45, 2.75) is 44.6 Å². The van der Waals surface area contributed by atoms with Crippen molar-refractivity contribution in [3.63, 3.8) is 0 Å². The molecular formula is C19H22N4O2S. The Morgan fingerprint density at radius 2 is 2.04 bits per heavy atom. The van der Waals surface area contributed by atoms with Gasteiger partial charge in [-0.05, 0) is 43.4 Å². The van der Waals surface area contributed by atoms with Crippen molar-refractivity contribution in [1.29, 1.82) is 0 Å². The Kier molecular flexibility index (Phi) is 5.27. The second kappa shape index (κ2) is 7.45. The average Bonchev–Trinajstić information content (AvgIpc) is 2.60. The first-order chi connectivity index (χ1) is 12.4. The lowest BCUT2D eigenvalue weighted by Gasteiger charge is -2.18. The summed E-state index contributed by atoms with van der Waals surface area (Å²) >= 11 is 1.44. The van der Waals surface area contributed by atoms with Gasteiger partial charge in [0.15, 0.2) is 0 Å². The zero-order valence-corrected chi connectivity index (χ0v) is 16.2. The molecule has 0 spiro atoms. The molecule has 1 aliphatic heterocycles. The van der Waals surface area contributed by atoms with Gasteiger partial charge in [-0.1, -0.05) is 13.8 Å². The number of aryl methyl sites for hydroxylation is 2. The minimum atomic E-state index is -0.220. The Morgan fingerprint density at radius 1 is 1.27 bits per heavy atom. The largest absolute Gasteiger partial charge is 0.326 e. The van der Waals surface area contributed by atoms with Gasteiger partial charge < -0.3 is 10.6 Å². The van der Waals surface area contributed by atoms with Crippen LogP contribution in [0, 0.1) is 6.92 Å². The molecule has 0 radical (unpaired) electrons. The van der Waals surface area contributed by atoms with Crippen LogP contribution in [0.3, 0.4) is 0 Å². The summed E-state index contributed by atoms with van der Waals surface area (Å²) in [5.74, 6) is 0.749. The van der Waals surface area contributed by atoms with Gasteiger partial charge in [-0.25, -0.2) is 9.97 Å². The van der Waals surface area contributed by atoms with Gasteiger partial charge in [0.1, 0.15) is 10.9 Å². The van der Waals surface area contributed by atoms with E-state index in [-0.39, 0.29) is 17.7 Å². The number of hydrogen-bond acceptors (Lipinski definition) is 5. The highest BCUT2D eigenvalue weighted by molar-refractivity contribution is 7.98. The Balaban J connectivity index is 1.88. The van der Waals surface area contributed by atoms with Gasteiger partial charge in [-0.15, -0.1) is 11.8 Å². The molecule has 0 atom stereocenters. The molecule has 136 valence electrons. The number of fused-ring (bicyclic) bond motifs is 1. The lowest BCUT2D eigenvalue weighted by atomic mass is 10.0. The summed E-state index contributed by atoms with van der Waals surface area (Å²) < 4.78 is 0. The molecule has 1 aliphatic rings. The number of nitrogens with one attached hydrogen (secondary N) is 2. The van der Waals surface area contributed by atoms with Crippen molar-refractivity contribution in [3.8, 4) is 0 Å². The monoisotopic (exact) mass is 370 g/mol. The molecular weight excluding hydrogens is 348 g/mol. The molecule has 0 bridgehead atoms. The standard InChI is InChI=1S/C19H22N4O2S/c1-10(2)17-20-11(3)16(19(23-17)26-4)18(25)21-13-6-7-14-12(9-13)5-8-15(24)22-14/h6-7,9-10H,5,8H2,1-4H3,(H,21,25)(H,22,24). The third kappa shape index (κ3) is 3.72. The van der Waals surface area contributed by atoms with Crippen LogP contribution in [0.5, 0.6) is 0 Å². The fourth-order valence-electron chi connectivity index (χ4n) is 2.89. The van der Waals surface area contributed by atoms with E-state index in [4.69, 9.17) is 0 Å². The van der Waals surface area contributed by atoms with Crippen molar-refractivity contribution in [3.05, 3.63) is 40.8 Å². The third-order valence-corrected chi connectivity index (χ3v) is 4.95. The summed E-state index contributed by atoms with van der Waals surface area (Å²) in [6.07, 6.45) is 3.04. The second-order valence-corrected chi connectivity index (χ2v) is 7.38. The number of amides is 2. The molecule has 0 unspecified atom stereocenters. The number of carbonyl (C=O) groups is 2. The maximum atomic E-state index is 12.8. The fourth-order valence-corrected chi connectivity index (χ4v) is 3.52. The van der Waals surface area contributed by atoms with Crippen LogP contribution in [0.25, 0.3) is 0 Å². The van der Waals surface area contributed by atoms with Crippen LogP contribution < -0.4 is 10.6 Å². The first-order valence-electron chi connectivity index (χ1n) is 8.55. The molecule has 3 rings (SSSR count). The summed E-state index contributed by atoms with van der Waals surface area (Å²) in [4.78, 5) is 33.3. The topological polar surface area (TPSA) is 84.0 Å². The van der Waals surface area contributed by atoms with Crippen LogP contribution >= 0.6 is 11.8 Å². The first kappa shape index (κ1) is 18.4. The Hall–Kier alpha value is -2.41. The SMILES string of the molecule is CSc1nc(C(C)C)nc(C)c1C(=O)Nc1ccc2c(c1)CCC(=O)N2.